The van der Waals surface area contributed by atoms with E-state index in [-0.39, 0.29) is 24.6 Å². The second-order valence-corrected chi connectivity index (χ2v) is 9.61. The minimum absolute atomic E-state index is 0.0874. The minimum atomic E-state index is -4.95. The van der Waals surface area contributed by atoms with Gasteiger partial charge in [-0.05, 0) is 50.2 Å². The highest BCUT2D eigenvalue weighted by Gasteiger charge is 2.39. The van der Waals surface area contributed by atoms with Crippen LogP contribution < -0.4 is 5.69 Å². The molecule has 0 fully saturated rings. The van der Waals surface area contributed by atoms with Crippen molar-refractivity contribution in [2.45, 2.75) is 51.2 Å². The van der Waals surface area contributed by atoms with Crippen LogP contribution in [0.25, 0.3) is 17.1 Å². The molecule has 0 spiro atoms. The molecule has 4 aromatic rings. The second-order valence-electron chi connectivity index (χ2n) is 9.17. The second kappa shape index (κ2) is 10.7. The van der Waals surface area contributed by atoms with E-state index in [1.807, 2.05) is 0 Å². The molecule has 3 heterocycles. The number of carbonyl (C=O) groups excluding carboxylic acids is 1. The number of aliphatic hydroxyl groups is 2. The number of rotatable bonds is 9. The van der Waals surface area contributed by atoms with Gasteiger partial charge in [0, 0.05) is 16.8 Å². The van der Waals surface area contributed by atoms with Crippen LogP contribution in [-0.2, 0) is 24.3 Å². The van der Waals surface area contributed by atoms with Gasteiger partial charge in [0.15, 0.2) is 23.5 Å². The molecule has 0 aliphatic carbocycles. The van der Waals surface area contributed by atoms with Crippen molar-refractivity contribution in [2.24, 2.45) is 0 Å². The number of alkyl halides is 3. The lowest BCUT2D eigenvalue weighted by Gasteiger charge is -2.16. The maximum Gasteiger partial charge on any atom is 0.416 e. The van der Waals surface area contributed by atoms with Gasteiger partial charge in [0.05, 0.1) is 24.3 Å². The molecule has 11 nitrogen and oxygen atoms in total. The first-order valence-electron chi connectivity index (χ1n) is 11.5. The van der Waals surface area contributed by atoms with E-state index in [1.54, 1.807) is 12.1 Å². The molecule has 0 aliphatic rings. The number of carbonyl (C=O) groups is 1. The van der Waals surface area contributed by atoms with Crippen molar-refractivity contribution in [3.63, 3.8) is 0 Å². The van der Waals surface area contributed by atoms with E-state index in [9.17, 15) is 33.0 Å². The third kappa shape index (κ3) is 6.41. The summed E-state index contributed by atoms with van der Waals surface area (Å²) < 4.78 is 42.2. The Balaban J connectivity index is 1.67. The third-order valence-corrected chi connectivity index (χ3v) is 5.96. The van der Waals surface area contributed by atoms with E-state index in [1.165, 1.54) is 55.3 Å². The van der Waals surface area contributed by atoms with Gasteiger partial charge in [0.25, 0.3) is 0 Å². The van der Waals surface area contributed by atoms with Crippen LogP contribution in [0.3, 0.4) is 0 Å². The number of hydrogen-bond donors (Lipinski definition) is 2. The fourth-order valence-corrected chi connectivity index (χ4v) is 3.69. The number of hydrogen-bond acceptors (Lipinski definition) is 8. The molecule has 0 amide bonds. The van der Waals surface area contributed by atoms with Gasteiger partial charge in [-0.1, -0.05) is 11.6 Å². The van der Waals surface area contributed by atoms with Crippen LogP contribution >= 0.6 is 11.6 Å². The predicted molar refractivity (Wildman–Crippen MR) is 132 cm³/mol. The lowest BCUT2D eigenvalue weighted by atomic mass is 9.99. The number of pyridine rings is 1. The Morgan fingerprint density at radius 2 is 1.79 bits per heavy atom. The van der Waals surface area contributed by atoms with Crippen molar-refractivity contribution in [2.75, 3.05) is 0 Å². The summed E-state index contributed by atoms with van der Waals surface area (Å²) in [6.45, 7) is 1.36. The van der Waals surface area contributed by atoms with Gasteiger partial charge in [0.1, 0.15) is 18.5 Å². The van der Waals surface area contributed by atoms with E-state index < -0.39 is 35.9 Å². The van der Waals surface area contributed by atoms with Crippen LogP contribution in [0.4, 0.5) is 13.2 Å². The van der Waals surface area contributed by atoms with Gasteiger partial charge < -0.3 is 10.2 Å². The summed E-state index contributed by atoms with van der Waals surface area (Å²) in [6, 6.07) is 9.19. The zero-order valence-electron chi connectivity index (χ0n) is 20.7. The van der Waals surface area contributed by atoms with E-state index in [2.05, 4.69) is 20.2 Å². The number of ketones is 1. The Labute approximate surface area is 224 Å². The molecule has 1 atom stereocenters. The van der Waals surface area contributed by atoms with Crippen LogP contribution in [0.5, 0.6) is 0 Å². The quantitative estimate of drug-likeness (QED) is 0.315. The van der Waals surface area contributed by atoms with E-state index in [0.717, 1.165) is 9.25 Å². The lowest BCUT2D eigenvalue weighted by molar-refractivity contribution is -0.207. The number of benzene rings is 1. The topological polar surface area (TPSA) is 141 Å². The summed E-state index contributed by atoms with van der Waals surface area (Å²) in [5.74, 6) is -0.487. The molecule has 0 bridgehead atoms. The molecule has 4 rings (SSSR count). The van der Waals surface area contributed by atoms with Gasteiger partial charge >= 0.3 is 11.9 Å². The molecular formula is C24H23ClF3N7O4. The highest BCUT2D eigenvalue weighted by Crippen LogP contribution is 2.24. The zero-order valence-corrected chi connectivity index (χ0v) is 21.4. The average molecular weight is 566 g/mol. The molecule has 15 heteroatoms. The molecule has 3 aromatic heterocycles. The van der Waals surface area contributed by atoms with Crippen LogP contribution in [0, 0.1) is 0 Å². The summed E-state index contributed by atoms with van der Waals surface area (Å²) in [5, 5.41) is 28.5. The number of halogens is 4. The van der Waals surface area contributed by atoms with E-state index in [0.29, 0.717) is 22.0 Å². The van der Waals surface area contributed by atoms with Crippen LogP contribution in [-0.4, -0.2) is 68.0 Å². The van der Waals surface area contributed by atoms with Crippen LogP contribution in [0.2, 0.25) is 5.02 Å². The first kappa shape index (κ1) is 28.1. The van der Waals surface area contributed by atoms with Gasteiger partial charge in [-0.15, -0.1) is 10.2 Å². The predicted octanol–water partition coefficient (Wildman–Crippen LogP) is 2.19. The van der Waals surface area contributed by atoms with Crippen molar-refractivity contribution in [1.82, 2.24) is 34.1 Å². The van der Waals surface area contributed by atoms with Crippen molar-refractivity contribution < 1.29 is 28.2 Å². The number of aromatic nitrogens is 7. The fraction of sp³-hybridized carbons (Fsp3) is 0.333. The highest BCUT2D eigenvalue weighted by molar-refractivity contribution is 6.30. The summed E-state index contributed by atoms with van der Waals surface area (Å²) in [6.07, 6.45) is -5.13. The normalized spacial score (nSPS) is 13.0. The largest absolute Gasteiger partial charge is 0.416 e. The van der Waals surface area contributed by atoms with Crippen LogP contribution in [0.1, 0.15) is 25.4 Å². The first-order chi connectivity index (χ1) is 18.2. The van der Waals surface area contributed by atoms with Crippen molar-refractivity contribution in [3.05, 3.63) is 75.9 Å². The van der Waals surface area contributed by atoms with Gasteiger partial charge in [0.2, 0.25) is 0 Å². The summed E-state index contributed by atoms with van der Waals surface area (Å²) in [5.41, 5.74) is -1.45. The molecule has 0 radical (unpaired) electrons. The first-order valence-corrected chi connectivity index (χ1v) is 11.9. The van der Waals surface area contributed by atoms with Crippen LogP contribution in [0.15, 0.2) is 53.7 Å². The third-order valence-electron chi connectivity index (χ3n) is 5.71. The maximum atomic E-state index is 13.1. The summed E-state index contributed by atoms with van der Waals surface area (Å²) >= 11 is 5.90. The Bertz CT molecular complexity index is 1540. The monoisotopic (exact) mass is 565 g/mol. The maximum absolute atomic E-state index is 13.1. The van der Waals surface area contributed by atoms with E-state index in [4.69, 9.17) is 11.6 Å². The van der Waals surface area contributed by atoms with Crippen molar-refractivity contribution in [3.8, 4) is 17.1 Å². The molecule has 0 saturated heterocycles. The Hall–Kier alpha value is -3.88. The zero-order chi connectivity index (χ0) is 28.5. The number of Topliss-reactive ketones (excluding diaryl/α,β-unsaturated/α-hetero) is 1. The Morgan fingerprint density at radius 1 is 1.10 bits per heavy atom. The molecule has 206 valence electrons. The Kier molecular flexibility index (Phi) is 7.73. The lowest BCUT2D eigenvalue weighted by Crippen LogP contribution is -2.37. The number of nitrogens with zero attached hydrogens (tertiary/aromatic N) is 7. The average Bonchev–Trinajstić information content (AvgIpc) is 3.44. The molecule has 0 saturated carbocycles. The molecule has 1 aromatic carbocycles. The molecule has 39 heavy (non-hydrogen) atoms. The Morgan fingerprint density at radius 3 is 2.44 bits per heavy atom. The van der Waals surface area contributed by atoms with Gasteiger partial charge in [-0.25, -0.2) is 19.1 Å². The summed E-state index contributed by atoms with van der Waals surface area (Å²) in [7, 11) is 0. The number of aliphatic hydroxyl groups excluding tert-OH is 1. The molecule has 2 N–H and O–H groups in total. The fourth-order valence-electron chi connectivity index (χ4n) is 3.56. The van der Waals surface area contributed by atoms with Crippen molar-refractivity contribution >= 4 is 17.4 Å². The smallest absolute Gasteiger partial charge is 0.383 e. The van der Waals surface area contributed by atoms with E-state index >= 15 is 0 Å². The molecular weight excluding hydrogens is 543 g/mol. The highest BCUT2D eigenvalue weighted by atomic mass is 35.5. The molecule has 0 unspecified atom stereocenters. The van der Waals surface area contributed by atoms with Gasteiger partial charge in [-0.2, -0.15) is 13.2 Å². The minimum Gasteiger partial charge on any atom is -0.383 e. The summed E-state index contributed by atoms with van der Waals surface area (Å²) in [4.78, 5) is 33.8. The van der Waals surface area contributed by atoms with Crippen molar-refractivity contribution in [1.29, 1.82) is 0 Å². The van der Waals surface area contributed by atoms with Gasteiger partial charge in [-0.3, -0.25) is 14.3 Å². The molecule has 0 aliphatic heterocycles. The standard InChI is InChI=1S/C24H23ClF3N7O4/c1-23(2,39)18(36)10-16-17(4-3-9-29-16)35-13-30-20(31-35)12-34-22(38)33(11-19(37)24(26,27)28)21(32-34)14-5-7-15(25)8-6-14/h3-9,13,19,37,39H,10-12H2,1-2H3/t19-/m0/s1. The SMILES string of the molecule is CC(C)(O)C(=O)Cc1ncccc1-n1cnc(Cn2nc(-c3ccc(Cl)cc3)n(C[C@H](O)C(F)(F)F)c2=O)n1.